The fourth-order valence-corrected chi connectivity index (χ4v) is 5.11. The molecule has 3 aliphatic rings. The van der Waals surface area contributed by atoms with E-state index in [1.54, 1.807) is 6.07 Å². The fourth-order valence-electron chi connectivity index (χ4n) is 5.11. The number of nitrogens with zero attached hydrogens (tertiary/aromatic N) is 4. The van der Waals surface area contributed by atoms with Gasteiger partial charge in [0.15, 0.2) is 0 Å². The van der Waals surface area contributed by atoms with Crippen LogP contribution >= 0.6 is 0 Å². The molecule has 1 aromatic heterocycles. The van der Waals surface area contributed by atoms with Crippen molar-refractivity contribution in [3.63, 3.8) is 0 Å². The number of rotatable bonds is 6. The first kappa shape index (κ1) is 25.8. The highest BCUT2D eigenvalue weighted by molar-refractivity contribution is 6.05. The SMILES string of the molecule is CN1C(=O)CCC(N2Cc3c(F)cc(C4(Nc5nnc(-c6ccc(OC(F)(F)F)cc6)o5)CC4)cc3C2=O)C1=O. The third kappa shape index (κ3) is 4.52. The lowest BCUT2D eigenvalue weighted by Gasteiger charge is -2.33. The van der Waals surface area contributed by atoms with Crippen molar-refractivity contribution in [3.05, 3.63) is 58.9 Å². The number of hydrogen-bond acceptors (Lipinski definition) is 8. The van der Waals surface area contributed by atoms with Gasteiger partial charge in [-0.15, -0.1) is 18.3 Å². The number of aromatic nitrogens is 2. The van der Waals surface area contributed by atoms with Gasteiger partial charge in [-0.25, -0.2) is 4.39 Å². The fraction of sp³-hybridized carbons (Fsp3) is 0.346. The number of benzene rings is 2. The molecule has 3 heterocycles. The number of carbonyl (C=O) groups excluding carboxylic acids is 3. The second kappa shape index (κ2) is 9.03. The molecular formula is C26H21F4N5O5. The molecule has 6 rings (SSSR count). The average molecular weight is 559 g/mol. The van der Waals surface area contributed by atoms with Crippen molar-refractivity contribution in [2.75, 3.05) is 12.4 Å². The summed E-state index contributed by atoms with van der Waals surface area (Å²) in [5.74, 6) is -2.23. The van der Waals surface area contributed by atoms with Crippen LogP contribution in [0.4, 0.5) is 23.6 Å². The van der Waals surface area contributed by atoms with Gasteiger partial charge in [-0.05, 0) is 61.2 Å². The number of piperidine rings is 1. The number of alkyl halides is 3. The van der Waals surface area contributed by atoms with Gasteiger partial charge in [0.25, 0.3) is 11.8 Å². The zero-order chi connectivity index (χ0) is 28.4. The molecule has 14 heteroatoms. The van der Waals surface area contributed by atoms with E-state index in [-0.39, 0.29) is 48.3 Å². The molecule has 0 radical (unpaired) electrons. The summed E-state index contributed by atoms with van der Waals surface area (Å²) in [6, 6.07) is 7.01. The number of anilines is 1. The van der Waals surface area contributed by atoms with Gasteiger partial charge in [-0.2, -0.15) is 0 Å². The number of imide groups is 1. The number of hydrogen-bond donors (Lipinski definition) is 1. The first-order chi connectivity index (χ1) is 18.9. The lowest BCUT2D eigenvalue weighted by atomic mass is 9.98. The Hall–Kier alpha value is -4.49. The summed E-state index contributed by atoms with van der Waals surface area (Å²) in [5, 5.41) is 11.0. The minimum Gasteiger partial charge on any atom is -0.406 e. The quantitative estimate of drug-likeness (QED) is 0.356. The van der Waals surface area contributed by atoms with Gasteiger partial charge in [0, 0.05) is 30.2 Å². The molecule has 0 bridgehead atoms. The predicted molar refractivity (Wildman–Crippen MR) is 128 cm³/mol. The first-order valence-corrected chi connectivity index (χ1v) is 12.4. The third-order valence-electron chi connectivity index (χ3n) is 7.42. The van der Waals surface area contributed by atoms with E-state index in [0.29, 0.717) is 24.0 Å². The Morgan fingerprint density at radius 2 is 1.82 bits per heavy atom. The molecule has 1 N–H and O–H groups in total. The van der Waals surface area contributed by atoms with Crippen molar-refractivity contribution in [1.82, 2.24) is 20.0 Å². The summed E-state index contributed by atoms with van der Waals surface area (Å²) in [6.07, 6.45) is -3.35. The van der Waals surface area contributed by atoms with Gasteiger partial charge in [0.1, 0.15) is 17.6 Å². The summed E-state index contributed by atoms with van der Waals surface area (Å²) >= 11 is 0. The molecule has 3 aromatic rings. The van der Waals surface area contributed by atoms with Crippen LogP contribution in [0.1, 0.15) is 47.2 Å². The molecule has 1 unspecified atom stereocenters. The van der Waals surface area contributed by atoms with Crippen molar-refractivity contribution in [2.45, 2.75) is 50.2 Å². The van der Waals surface area contributed by atoms with E-state index in [9.17, 15) is 27.6 Å². The Balaban J connectivity index is 1.20. The minimum absolute atomic E-state index is 0.0116. The predicted octanol–water partition coefficient (Wildman–Crippen LogP) is 3.98. The molecule has 2 aliphatic heterocycles. The Morgan fingerprint density at radius 1 is 1.10 bits per heavy atom. The molecule has 3 amide bonds. The lowest BCUT2D eigenvalue weighted by molar-refractivity contribution is -0.274. The Labute approximate surface area is 223 Å². The number of nitrogens with one attached hydrogen (secondary N) is 1. The van der Waals surface area contributed by atoms with Crippen molar-refractivity contribution in [3.8, 4) is 17.2 Å². The van der Waals surface area contributed by atoms with Crippen LogP contribution in [0.3, 0.4) is 0 Å². The van der Waals surface area contributed by atoms with Gasteiger partial charge < -0.3 is 19.4 Å². The van der Waals surface area contributed by atoms with Gasteiger partial charge in [-0.1, -0.05) is 5.10 Å². The van der Waals surface area contributed by atoms with Gasteiger partial charge in [0.05, 0.1) is 12.1 Å². The van der Waals surface area contributed by atoms with Gasteiger partial charge in [-0.3, -0.25) is 19.3 Å². The summed E-state index contributed by atoms with van der Waals surface area (Å²) < 4.78 is 62.0. The smallest absolute Gasteiger partial charge is 0.406 e. The van der Waals surface area contributed by atoms with Gasteiger partial charge >= 0.3 is 12.4 Å². The molecule has 1 aliphatic carbocycles. The van der Waals surface area contributed by atoms with E-state index in [4.69, 9.17) is 4.42 Å². The lowest BCUT2D eigenvalue weighted by Crippen LogP contribution is -2.53. The van der Waals surface area contributed by atoms with Crippen LogP contribution in [-0.2, 0) is 21.7 Å². The number of halogens is 4. The topological polar surface area (TPSA) is 118 Å². The van der Waals surface area contributed by atoms with E-state index >= 15 is 4.39 Å². The van der Waals surface area contributed by atoms with Crippen LogP contribution in [0, 0.1) is 5.82 Å². The van der Waals surface area contributed by atoms with Crippen LogP contribution in [0.25, 0.3) is 11.5 Å². The van der Waals surface area contributed by atoms with Crippen molar-refractivity contribution in [1.29, 1.82) is 0 Å². The maximum atomic E-state index is 15.3. The van der Waals surface area contributed by atoms with Crippen LogP contribution in [0.15, 0.2) is 40.8 Å². The van der Waals surface area contributed by atoms with E-state index < -0.39 is 41.3 Å². The van der Waals surface area contributed by atoms with Crippen LogP contribution in [0.2, 0.25) is 0 Å². The van der Waals surface area contributed by atoms with Crippen LogP contribution < -0.4 is 10.1 Å². The monoisotopic (exact) mass is 559 g/mol. The van der Waals surface area contributed by atoms with Crippen molar-refractivity contribution >= 4 is 23.7 Å². The molecule has 0 spiro atoms. The largest absolute Gasteiger partial charge is 0.573 e. The maximum Gasteiger partial charge on any atom is 0.573 e. The van der Waals surface area contributed by atoms with Crippen LogP contribution in [0.5, 0.6) is 5.75 Å². The average Bonchev–Trinajstić information content (AvgIpc) is 3.40. The zero-order valence-corrected chi connectivity index (χ0v) is 20.9. The van der Waals surface area contributed by atoms with E-state index in [1.807, 2.05) is 0 Å². The summed E-state index contributed by atoms with van der Waals surface area (Å²) in [7, 11) is 1.37. The van der Waals surface area contributed by atoms with E-state index in [2.05, 4.69) is 20.3 Å². The molecule has 1 saturated heterocycles. The highest BCUT2D eigenvalue weighted by Gasteiger charge is 2.48. The molecule has 40 heavy (non-hydrogen) atoms. The Kier molecular flexibility index (Phi) is 5.82. The number of amides is 3. The zero-order valence-electron chi connectivity index (χ0n) is 20.9. The number of fused-ring (bicyclic) bond motifs is 1. The standard InChI is InChI=1S/C26H21F4N5O5/c1-34-20(36)7-6-19(23(34)38)35-12-17-16(22(35)37)10-14(11-18(17)27)25(8-9-25)31-24-33-32-21(39-24)13-2-4-15(5-3-13)40-26(28,29)30/h2-5,10-11,19H,6-9,12H2,1H3,(H,31,33). The Morgan fingerprint density at radius 3 is 2.50 bits per heavy atom. The Bertz CT molecular complexity index is 1530. The molecule has 1 saturated carbocycles. The van der Waals surface area contributed by atoms with Gasteiger partial charge in [0.2, 0.25) is 11.8 Å². The number of carbonyl (C=O) groups is 3. The highest BCUT2D eigenvalue weighted by atomic mass is 19.4. The molecule has 10 nitrogen and oxygen atoms in total. The number of ether oxygens (including phenoxy) is 1. The molecule has 208 valence electrons. The summed E-state index contributed by atoms with van der Waals surface area (Å²) in [4.78, 5) is 40.1. The highest BCUT2D eigenvalue weighted by Crippen LogP contribution is 2.49. The number of likely N-dealkylation sites (tertiary alicyclic amines) is 1. The third-order valence-corrected chi connectivity index (χ3v) is 7.42. The summed E-state index contributed by atoms with van der Waals surface area (Å²) in [5.41, 5.74) is 0.427. The van der Waals surface area contributed by atoms with E-state index in [0.717, 1.165) is 17.0 Å². The normalized spacial score (nSPS) is 20.1. The second-order valence-electron chi connectivity index (χ2n) is 9.95. The molecule has 2 aromatic carbocycles. The molecule has 1 atom stereocenters. The summed E-state index contributed by atoms with van der Waals surface area (Å²) in [6.45, 7) is -0.0705. The van der Waals surface area contributed by atoms with E-state index in [1.165, 1.54) is 30.1 Å². The minimum atomic E-state index is -4.81. The van der Waals surface area contributed by atoms with Crippen LogP contribution in [-0.4, -0.2) is 57.2 Å². The van der Waals surface area contributed by atoms with Crippen molar-refractivity contribution < 1.29 is 41.1 Å². The number of likely N-dealkylation sites (N-methyl/N-ethyl adjacent to an activating group) is 1. The van der Waals surface area contributed by atoms with Crippen molar-refractivity contribution in [2.24, 2.45) is 0 Å². The maximum absolute atomic E-state index is 15.3. The molecule has 2 fully saturated rings. The first-order valence-electron chi connectivity index (χ1n) is 12.4. The second-order valence-corrected chi connectivity index (χ2v) is 9.95. The molecular weight excluding hydrogens is 538 g/mol.